The quantitative estimate of drug-likeness (QED) is 0.764. The van der Waals surface area contributed by atoms with E-state index in [-0.39, 0.29) is 11.5 Å². The number of hydrogen-bond acceptors (Lipinski definition) is 3. The van der Waals surface area contributed by atoms with Crippen LogP contribution in [-0.2, 0) is 4.74 Å². The molecule has 2 aliphatic heterocycles. The molecular formula is C13H16O3. The van der Waals surface area contributed by atoms with Crippen LogP contribution in [-0.4, -0.2) is 22.4 Å². The highest BCUT2D eigenvalue weighted by Gasteiger charge is 2.36. The van der Waals surface area contributed by atoms with Crippen LogP contribution in [0.25, 0.3) is 0 Å². The van der Waals surface area contributed by atoms with Gasteiger partial charge in [0.1, 0.15) is 11.5 Å². The standard InChI is InChI=1S/C13H16O3/c14-9-1-4-12(13(15)7-9)8-5-10-2-3-11(6-8)16-10/h1,4,7-8,10-11,14-15H,2-3,5-6H2/t10-,11-/m1/s1. The summed E-state index contributed by atoms with van der Waals surface area (Å²) in [5.74, 6) is 0.717. The Labute approximate surface area is 94.7 Å². The number of rotatable bonds is 1. The third-order valence-electron chi connectivity index (χ3n) is 3.74. The van der Waals surface area contributed by atoms with Crippen molar-refractivity contribution in [3.8, 4) is 11.5 Å². The van der Waals surface area contributed by atoms with Gasteiger partial charge in [0.2, 0.25) is 0 Å². The maximum Gasteiger partial charge on any atom is 0.122 e. The van der Waals surface area contributed by atoms with Gasteiger partial charge < -0.3 is 14.9 Å². The fraction of sp³-hybridized carbons (Fsp3) is 0.538. The van der Waals surface area contributed by atoms with Crippen LogP contribution in [0.1, 0.15) is 37.2 Å². The monoisotopic (exact) mass is 220 g/mol. The van der Waals surface area contributed by atoms with Crippen LogP contribution < -0.4 is 0 Å². The average Bonchev–Trinajstić information content (AvgIpc) is 2.58. The molecule has 0 spiro atoms. The maximum atomic E-state index is 9.84. The summed E-state index contributed by atoms with van der Waals surface area (Å²) in [7, 11) is 0. The van der Waals surface area contributed by atoms with Crippen LogP contribution in [0.3, 0.4) is 0 Å². The Morgan fingerprint density at radius 1 is 1.06 bits per heavy atom. The predicted octanol–water partition coefficient (Wildman–Crippen LogP) is 2.52. The van der Waals surface area contributed by atoms with Crippen LogP contribution >= 0.6 is 0 Å². The van der Waals surface area contributed by atoms with E-state index in [0.717, 1.165) is 31.2 Å². The van der Waals surface area contributed by atoms with Gasteiger partial charge in [0.05, 0.1) is 12.2 Å². The summed E-state index contributed by atoms with van der Waals surface area (Å²) in [4.78, 5) is 0. The molecule has 1 aromatic rings. The summed E-state index contributed by atoms with van der Waals surface area (Å²) in [5.41, 5.74) is 0.956. The van der Waals surface area contributed by atoms with E-state index in [9.17, 15) is 10.2 Å². The average molecular weight is 220 g/mol. The Morgan fingerprint density at radius 2 is 1.75 bits per heavy atom. The molecule has 0 aliphatic carbocycles. The number of fused-ring (bicyclic) bond motifs is 2. The van der Waals surface area contributed by atoms with Crippen molar-refractivity contribution in [1.29, 1.82) is 0 Å². The van der Waals surface area contributed by atoms with Crippen molar-refractivity contribution in [3.63, 3.8) is 0 Å². The van der Waals surface area contributed by atoms with E-state index in [4.69, 9.17) is 4.74 Å². The first-order valence-corrected chi connectivity index (χ1v) is 5.89. The van der Waals surface area contributed by atoms with Gasteiger partial charge in [0.15, 0.2) is 0 Å². The second-order valence-electron chi connectivity index (χ2n) is 4.87. The minimum Gasteiger partial charge on any atom is -0.508 e. The lowest BCUT2D eigenvalue weighted by atomic mass is 9.88. The van der Waals surface area contributed by atoms with Crippen molar-refractivity contribution >= 4 is 0 Å². The van der Waals surface area contributed by atoms with Crippen molar-refractivity contribution < 1.29 is 14.9 Å². The number of aromatic hydroxyl groups is 2. The molecule has 2 saturated heterocycles. The van der Waals surface area contributed by atoms with E-state index in [2.05, 4.69) is 0 Å². The summed E-state index contributed by atoms with van der Waals surface area (Å²) >= 11 is 0. The molecular weight excluding hydrogens is 204 g/mol. The van der Waals surface area contributed by atoms with Gasteiger partial charge in [0, 0.05) is 6.07 Å². The van der Waals surface area contributed by atoms with Gasteiger partial charge in [-0.25, -0.2) is 0 Å². The Hall–Kier alpha value is -1.22. The Balaban J connectivity index is 1.87. The molecule has 16 heavy (non-hydrogen) atoms. The highest BCUT2D eigenvalue weighted by atomic mass is 16.5. The fourth-order valence-corrected chi connectivity index (χ4v) is 2.99. The molecule has 0 saturated carbocycles. The first kappa shape index (κ1) is 9.97. The predicted molar refractivity (Wildman–Crippen MR) is 59.6 cm³/mol. The lowest BCUT2D eigenvalue weighted by Gasteiger charge is -2.29. The van der Waals surface area contributed by atoms with Gasteiger partial charge in [0.25, 0.3) is 0 Å². The highest BCUT2D eigenvalue weighted by Crippen LogP contribution is 2.43. The number of ether oxygens (including phenoxy) is 1. The van der Waals surface area contributed by atoms with E-state index in [1.807, 2.05) is 6.07 Å². The molecule has 0 unspecified atom stereocenters. The first-order chi connectivity index (χ1) is 7.72. The Morgan fingerprint density at radius 3 is 2.38 bits per heavy atom. The topological polar surface area (TPSA) is 49.7 Å². The summed E-state index contributed by atoms with van der Waals surface area (Å²) in [6, 6.07) is 4.90. The SMILES string of the molecule is Oc1ccc(C2C[C@H]3CC[C@H](C2)O3)c(O)c1. The van der Waals surface area contributed by atoms with E-state index in [0.29, 0.717) is 18.1 Å². The smallest absolute Gasteiger partial charge is 0.122 e. The summed E-state index contributed by atoms with van der Waals surface area (Å²) in [6.45, 7) is 0. The van der Waals surface area contributed by atoms with Crippen LogP contribution in [0.5, 0.6) is 11.5 Å². The number of phenols is 2. The number of hydrogen-bond donors (Lipinski definition) is 2. The molecule has 2 heterocycles. The molecule has 2 aliphatic rings. The fourth-order valence-electron chi connectivity index (χ4n) is 2.99. The molecule has 0 amide bonds. The van der Waals surface area contributed by atoms with Crippen LogP contribution in [0.2, 0.25) is 0 Å². The number of phenolic OH excluding ortho intramolecular Hbond substituents is 2. The van der Waals surface area contributed by atoms with Crippen molar-refractivity contribution in [3.05, 3.63) is 23.8 Å². The van der Waals surface area contributed by atoms with Gasteiger partial charge in [-0.15, -0.1) is 0 Å². The van der Waals surface area contributed by atoms with Crippen molar-refractivity contribution in [2.45, 2.75) is 43.8 Å². The summed E-state index contributed by atoms with van der Waals surface area (Å²) in [6.07, 6.45) is 5.04. The van der Waals surface area contributed by atoms with E-state index < -0.39 is 0 Å². The minimum absolute atomic E-state index is 0.122. The van der Waals surface area contributed by atoms with Crippen molar-refractivity contribution in [2.75, 3.05) is 0 Å². The molecule has 2 atom stereocenters. The Kier molecular flexibility index (Phi) is 2.28. The first-order valence-electron chi connectivity index (χ1n) is 5.89. The lowest BCUT2D eigenvalue weighted by Crippen LogP contribution is -2.23. The third kappa shape index (κ3) is 1.65. The molecule has 3 nitrogen and oxygen atoms in total. The molecule has 2 fully saturated rings. The van der Waals surface area contributed by atoms with Gasteiger partial charge in [-0.2, -0.15) is 0 Å². The molecule has 0 aromatic heterocycles. The normalized spacial score (nSPS) is 32.9. The second kappa shape index (κ2) is 3.67. The highest BCUT2D eigenvalue weighted by molar-refractivity contribution is 5.41. The molecule has 1 aromatic carbocycles. The van der Waals surface area contributed by atoms with Crippen LogP contribution in [0.4, 0.5) is 0 Å². The van der Waals surface area contributed by atoms with Gasteiger partial charge in [-0.05, 0) is 43.2 Å². The third-order valence-corrected chi connectivity index (χ3v) is 3.74. The zero-order chi connectivity index (χ0) is 11.1. The van der Waals surface area contributed by atoms with Gasteiger partial charge in [-0.3, -0.25) is 0 Å². The molecule has 3 rings (SSSR count). The second-order valence-corrected chi connectivity index (χ2v) is 4.87. The summed E-state index contributed by atoms with van der Waals surface area (Å²) < 4.78 is 5.78. The molecule has 0 radical (unpaired) electrons. The molecule has 2 bridgehead atoms. The van der Waals surface area contributed by atoms with Crippen LogP contribution in [0.15, 0.2) is 18.2 Å². The largest absolute Gasteiger partial charge is 0.508 e. The zero-order valence-electron chi connectivity index (χ0n) is 9.10. The van der Waals surface area contributed by atoms with Crippen molar-refractivity contribution in [1.82, 2.24) is 0 Å². The molecule has 3 heteroatoms. The van der Waals surface area contributed by atoms with Crippen molar-refractivity contribution in [2.24, 2.45) is 0 Å². The molecule has 86 valence electrons. The number of benzene rings is 1. The Bertz CT molecular complexity index is 390. The van der Waals surface area contributed by atoms with Crippen LogP contribution in [0, 0.1) is 0 Å². The zero-order valence-corrected chi connectivity index (χ0v) is 9.10. The van der Waals surface area contributed by atoms with Gasteiger partial charge >= 0.3 is 0 Å². The minimum atomic E-state index is 0.122. The maximum absolute atomic E-state index is 9.84. The molecule has 2 N–H and O–H groups in total. The van der Waals surface area contributed by atoms with E-state index >= 15 is 0 Å². The van der Waals surface area contributed by atoms with E-state index in [1.54, 1.807) is 6.07 Å². The summed E-state index contributed by atoms with van der Waals surface area (Å²) in [5, 5.41) is 19.1. The van der Waals surface area contributed by atoms with E-state index in [1.165, 1.54) is 6.07 Å². The lowest BCUT2D eigenvalue weighted by molar-refractivity contribution is -0.00407. The van der Waals surface area contributed by atoms with Gasteiger partial charge in [-0.1, -0.05) is 6.07 Å².